The quantitative estimate of drug-likeness (QED) is 0.664. The predicted molar refractivity (Wildman–Crippen MR) is 110 cm³/mol. The van der Waals surface area contributed by atoms with Gasteiger partial charge in [0.15, 0.2) is 0 Å². The minimum Gasteiger partial charge on any atom is -0.312 e. The SMILES string of the molecule is CCC(=O)N1CCc2cc(Br)c(S(=O)(=O)Nc3ccc(Br)cc3C)cc21. The molecule has 1 amide bonds. The molecule has 0 atom stereocenters. The molecule has 1 aliphatic rings. The predicted octanol–water partition coefficient (Wildman–Crippen LogP) is 4.62. The topological polar surface area (TPSA) is 66.5 Å². The van der Waals surface area contributed by atoms with Gasteiger partial charge in [-0.15, -0.1) is 0 Å². The number of hydrogen-bond donors (Lipinski definition) is 1. The summed E-state index contributed by atoms with van der Waals surface area (Å²) in [7, 11) is -3.81. The monoisotopic (exact) mass is 500 g/mol. The standard InChI is InChI=1S/C18H18Br2N2O3S/c1-3-18(23)22-7-6-12-9-14(20)17(10-16(12)22)26(24,25)21-15-5-4-13(19)8-11(15)2/h4-5,8-10,21H,3,6-7H2,1-2H3. The number of rotatable bonds is 4. The lowest BCUT2D eigenvalue weighted by molar-refractivity contribution is -0.118. The van der Waals surface area contributed by atoms with Crippen molar-refractivity contribution < 1.29 is 13.2 Å². The molecule has 138 valence electrons. The second-order valence-corrected chi connectivity index (χ2v) is 9.55. The number of hydrogen-bond acceptors (Lipinski definition) is 3. The van der Waals surface area contributed by atoms with Crippen LogP contribution in [0.25, 0.3) is 0 Å². The highest BCUT2D eigenvalue weighted by molar-refractivity contribution is 9.10. The Bertz CT molecular complexity index is 990. The van der Waals surface area contributed by atoms with Crippen molar-refractivity contribution >= 4 is 59.2 Å². The molecule has 8 heteroatoms. The van der Waals surface area contributed by atoms with Crippen molar-refractivity contribution in [2.45, 2.75) is 31.6 Å². The van der Waals surface area contributed by atoms with Gasteiger partial charge in [-0.1, -0.05) is 22.9 Å². The zero-order valence-corrected chi connectivity index (χ0v) is 18.3. The summed E-state index contributed by atoms with van der Waals surface area (Å²) in [6.07, 6.45) is 1.10. The van der Waals surface area contributed by atoms with E-state index >= 15 is 0 Å². The van der Waals surface area contributed by atoms with Gasteiger partial charge in [0, 0.05) is 27.6 Å². The Kier molecular flexibility index (Phi) is 5.46. The van der Waals surface area contributed by atoms with E-state index < -0.39 is 10.0 Å². The lowest BCUT2D eigenvalue weighted by atomic mass is 10.2. The fraction of sp³-hybridized carbons (Fsp3) is 0.278. The van der Waals surface area contributed by atoms with Gasteiger partial charge in [0.05, 0.1) is 5.69 Å². The average Bonchev–Trinajstić information content (AvgIpc) is 2.98. The molecule has 0 spiro atoms. The molecule has 0 radical (unpaired) electrons. The lowest BCUT2D eigenvalue weighted by Gasteiger charge is -2.18. The second kappa shape index (κ2) is 7.32. The zero-order valence-electron chi connectivity index (χ0n) is 14.3. The molecule has 0 unspecified atom stereocenters. The molecule has 1 aliphatic heterocycles. The molecule has 0 fully saturated rings. The molecular formula is C18H18Br2N2O3S. The number of aryl methyl sites for hydroxylation is 1. The number of anilines is 2. The van der Waals surface area contributed by atoms with Gasteiger partial charge < -0.3 is 4.90 Å². The van der Waals surface area contributed by atoms with Crippen molar-refractivity contribution in [3.05, 3.63) is 50.4 Å². The molecule has 0 saturated heterocycles. The third-order valence-electron chi connectivity index (χ3n) is 4.35. The van der Waals surface area contributed by atoms with E-state index in [-0.39, 0.29) is 10.8 Å². The first-order valence-electron chi connectivity index (χ1n) is 8.14. The highest BCUT2D eigenvalue weighted by Gasteiger charge is 2.28. The van der Waals surface area contributed by atoms with Crippen LogP contribution >= 0.6 is 31.9 Å². The van der Waals surface area contributed by atoms with Crippen molar-refractivity contribution in [3.63, 3.8) is 0 Å². The van der Waals surface area contributed by atoms with Gasteiger partial charge >= 0.3 is 0 Å². The maximum atomic E-state index is 12.9. The third-order valence-corrected chi connectivity index (χ3v) is 7.17. The maximum Gasteiger partial charge on any atom is 0.263 e. The summed E-state index contributed by atoms with van der Waals surface area (Å²) in [5.41, 5.74) is 2.97. The second-order valence-electron chi connectivity index (χ2n) is 6.13. The van der Waals surface area contributed by atoms with E-state index in [1.165, 1.54) is 0 Å². The van der Waals surface area contributed by atoms with Crippen LogP contribution in [0.2, 0.25) is 0 Å². The Morgan fingerprint density at radius 2 is 1.96 bits per heavy atom. The van der Waals surface area contributed by atoms with E-state index in [9.17, 15) is 13.2 Å². The summed E-state index contributed by atoms with van der Waals surface area (Å²) in [6.45, 7) is 4.22. The van der Waals surface area contributed by atoms with Crippen molar-refractivity contribution in [2.24, 2.45) is 0 Å². The molecule has 2 aromatic rings. The fourth-order valence-electron chi connectivity index (χ4n) is 2.99. The Labute approximate surface area is 170 Å². The minimum atomic E-state index is -3.81. The molecule has 0 aliphatic carbocycles. The van der Waals surface area contributed by atoms with Crippen molar-refractivity contribution in [2.75, 3.05) is 16.2 Å². The number of benzene rings is 2. The molecule has 1 heterocycles. The van der Waals surface area contributed by atoms with Crippen molar-refractivity contribution in [1.82, 2.24) is 0 Å². The number of carbonyl (C=O) groups excluding carboxylic acids is 1. The largest absolute Gasteiger partial charge is 0.312 e. The smallest absolute Gasteiger partial charge is 0.263 e. The molecule has 2 aromatic carbocycles. The van der Waals surface area contributed by atoms with Gasteiger partial charge in [-0.25, -0.2) is 8.42 Å². The number of nitrogens with zero attached hydrogens (tertiary/aromatic N) is 1. The minimum absolute atomic E-state index is 0.00821. The summed E-state index contributed by atoms with van der Waals surface area (Å²) in [5.74, 6) is -0.00821. The first-order valence-corrected chi connectivity index (χ1v) is 11.2. The van der Waals surface area contributed by atoms with Crippen LogP contribution in [-0.4, -0.2) is 20.9 Å². The number of nitrogens with one attached hydrogen (secondary N) is 1. The Morgan fingerprint density at radius 3 is 2.62 bits per heavy atom. The number of amides is 1. The molecular weight excluding hydrogens is 484 g/mol. The summed E-state index contributed by atoms with van der Waals surface area (Å²) in [5, 5.41) is 0. The fourth-order valence-corrected chi connectivity index (χ4v) is 5.70. The number of fused-ring (bicyclic) bond motifs is 1. The normalized spacial score (nSPS) is 13.6. The third kappa shape index (κ3) is 3.68. The number of halogens is 2. The van der Waals surface area contributed by atoms with Crippen molar-refractivity contribution in [1.29, 1.82) is 0 Å². The summed E-state index contributed by atoms with van der Waals surface area (Å²) < 4.78 is 29.9. The average molecular weight is 502 g/mol. The van der Waals surface area contributed by atoms with E-state index in [0.29, 0.717) is 28.8 Å². The van der Waals surface area contributed by atoms with E-state index in [4.69, 9.17) is 0 Å². The zero-order chi connectivity index (χ0) is 19.1. The van der Waals surface area contributed by atoms with Gasteiger partial charge in [0.2, 0.25) is 5.91 Å². The number of carbonyl (C=O) groups is 1. The van der Waals surface area contributed by atoms with E-state index in [0.717, 1.165) is 22.0 Å². The molecule has 0 aromatic heterocycles. The molecule has 0 bridgehead atoms. The van der Waals surface area contributed by atoms with Crippen molar-refractivity contribution in [3.8, 4) is 0 Å². The van der Waals surface area contributed by atoms with E-state index in [1.54, 1.807) is 36.1 Å². The van der Waals surface area contributed by atoms with Crippen LogP contribution in [0, 0.1) is 6.92 Å². The highest BCUT2D eigenvalue weighted by atomic mass is 79.9. The Hall–Kier alpha value is -1.38. The van der Waals surface area contributed by atoms with Gasteiger partial charge in [0.1, 0.15) is 4.90 Å². The molecule has 5 nitrogen and oxygen atoms in total. The van der Waals surface area contributed by atoms with Crippen LogP contribution in [-0.2, 0) is 21.2 Å². The lowest BCUT2D eigenvalue weighted by Crippen LogP contribution is -2.28. The molecule has 0 saturated carbocycles. The van der Waals surface area contributed by atoms with E-state index in [1.807, 2.05) is 13.0 Å². The van der Waals surface area contributed by atoms with Crippen LogP contribution in [0.15, 0.2) is 44.2 Å². The first-order chi connectivity index (χ1) is 12.2. The van der Waals surface area contributed by atoms with Crippen LogP contribution < -0.4 is 9.62 Å². The van der Waals surface area contributed by atoms with Crippen LogP contribution in [0.5, 0.6) is 0 Å². The Balaban J connectivity index is 2.01. The summed E-state index contributed by atoms with van der Waals surface area (Å²) in [6, 6.07) is 8.71. The van der Waals surface area contributed by atoms with Crippen LogP contribution in [0.3, 0.4) is 0 Å². The Morgan fingerprint density at radius 1 is 1.23 bits per heavy atom. The van der Waals surface area contributed by atoms with Gasteiger partial charge in [-0.2, -0.15) is 0 Å². The highest BCUT2D eigenvalue weighted by Crippen LogP contribution is 2.36. The van der Waals surface area contributed by atoms with Crippen LogP contribution in [0.1, 0.15) is 24.5 Å². The first kappa shape index (κ1) is 19.4. The molecule has 3 rings (SSSR count). The van der Waals surface area contributed by atoms with Gasteiger partial charge in [-0.3, -0.25) is 9.52 Å². The van der Waals surface area contributed by atoms with E-state index in [2.05, 4.69) is 36.6 Å². The number of sulfonamides is 1. The van der Waals surface area contributed by atoms with Gasteiger partial charge in [-0.05, 0) is 70.7 Å². The molecule has 1 N–H and O–H groups in total. The van der Waals surface area contributed by atoms with Gasteiger partial charge in [0.25, 0.3) is 10.0 Å². The summed E-state index contributed by atoms with van der Waals surface area (Å²) >= 11 is 6.74. The summed E-state index contributed by atoms with van der Waals surface area (Å²) in [4.78, 5) is 13.9. The maximum absolute atomic E-state index is 12.9. The van der Waals surface area contributed by atoms with Crippen LogP contribution in [0.4, 0.5) is 11.4 Å². The molecule has 26 heavy (non-hydrogen) atoms.